The van der Waals surface area contributed by atoms with Gasteiger partial charge in [-0.2, -0.15) is 10.1 Å². The van der Waals surface area contributed by atoms with Gasteiger partial charge >= 0.3 is 35.8 Å². The lowest BCUT2D eigenvalue weighted by atomic mass is 9.99. The Morgan fingerprint density at radius 3 is 0.942 bits per heavy atom. The molecule has 4 heterocycles. The molecular formula is C78H74N8O16S2. The Labute approximate surface area is 605 Å². The minimum atomic E-state index is -0.745. The number of carbonyl (C=O) groups is 10. The van der Waals surface area contributed by atoms with Gasteiger partial charge in [0.25, 0.3) is 11.8 Å². The topological polar surface area (TPSA) is 292 Å². The molecule has 0 bridgehead atoms. The lowest BCUT2D eigenvalue weighted by Crippen LogP contribution is -2.39. The zero-order chi connectivity index (χ0) is 74.8. The van der Waals surface area contributed by atoms with Crippen molar-refractivity contribution in [1.82, 2.24) is 19.3 Å². The first-order valence-electron chi connectivity index (χ1n) is 33.2. The maximum atomic E-state index is 14.1. The average molecular weight is 1440 g/mol. The number of hydrogen-bond donors (Lipinski definition) is 0. The van der Waals surface area contributed by atoms with E-state index in [1.807, 2.05) is 143 Å². The highest BCUT2D eigenvalue weighted by atomic mass is 32.1. The molecule has 24 nitrogen and oxygen atoms in total. The normalized spacial score (nSPS) is 12.6. The molecular weight excluding hydrogens is 1370 g/mol. The van der Waals surface area contributed by atoms with Crippen LogP contribution in [-0.2, 0) is 67.4 Å². The van der Waals surface area contributed by atoms with Crippen molar-refractivity contribution in [2.24, 2.45) is 20.6 Å². The van der Waals surface area contributed by atoms with Gasteiger partial charge in [-0.15, -0.1) is 22.7 Å². The van der Waals surface area contributed by atoms with E-state index in [2.05, 4.69) is 20.6 Å². The molecule has 0 saturated heterocycles. The number of rotatable bonds is 25. The SMILES string of the molecule is CC(=O)ON=C(CC(C)N(OC(C)=O)C(C)=O)c1ccc2c(c1)c1cc(C(=O)c3sccc3C)ccc1n2-c1ccc(/C(CCCC/C(=N/OC(C)=O)c2ccc(-n3c4ccc(C(=O)c5sccc5C)cc4c4cc(C(CC(C)N(OC(C)=O)C(C)=O)=NOC(C)=O)ccc43)cc2)=N\OC(C)=O)cc1. The van der Waals surface area contributed by atoms with E-state index in [9.17, 15) is 47.9 Å². The van der Waals surface area contributed by atoms with Crippen molar-refractivity contribution in [1.29, 1.82) is 0 Å². The Hall–Kier alpha value is -11.9. The molecule has 10 aromatic rings. The van der Waals surface area contributed by atoms with Crippen LogP contribution < -0.4 is 0 Å². The number of aryl methyl sites for hydroxylation is 2. The maximum Gasteiger partial charge on any atom is 0.331 e. The van der Waals surface area contributed by atoms with E-state index in [0.29, 0.717) is 102 Å². The number of nitrogens with zero attached hydrogens (tertiary/aromatic N) is 8. The first-order chi connectivity index (χ1) is 49.6. The van der Waals surface area contributed by atoms with E-state index in [0.717, 1.165) is 54.7 Å². The van der Waals surface area contributed by atoms with Crippen molar-refractivity contribution in [3.8, 4) is 11.4 Å². The summed E-state index contributed by atoms with van der Waals surface area (Å²) in [7, 11) is 0. The van der Waals surface area contributed by atoms with Crippen LogP contribution in [0.25, 0.3) is 55.0 Å². The zero-order valence-corrected chi connectivity index (χ0v) is 60.8. The first-order valence-corrected chi connectivity index (χ1v) is 34.9. The fourth-order valence-corrected chi connectivity index (χ4v) is 14.0. The van der Waals surface area contributed by atoms with E-state index in [4.69, 9.17) is 29.0 Å². The van der Waals surface area contributed by atoms with Crippen LogP contribution in [0.5, 0.6) is 0 Å². The molecule has 2 atom stereocenters. The van der Waals surface area contributed by atoms with Gasteiger partial charge < -0.3 is 38.2 Å². The molecule has 0 spiro atoms. The van der Waals surface area contributed by atoms with Gasteiger partial charge in [0.1, 0.15) is 0 Å². The van der Waals surface area contributed by atoms with Crippen molar-refractivity contribution in [2.75, 3.05) is 0 Å². The summed E-state index contributed by atoms with van der Waals surface area (Å²) in [5, 5.41) is 25.5. The van der Waals surface area contributed by atoms with Crippen LogP contribution in [0.3, 0.4) is 0 Å². The molecule has 0 saturated carbocycles. The highest BCUT2D eigenvalue weighted by Gasteiger charge is 2.28. The van der Waals surface area contributed by atoms with Gasteiger partial charge in [0.2, 0.25) is 11.6 Å². The number of ketones is 2. The third-order valence-corrected chi connectivity index (χ3v) is 18.9. The van der Waals surface area contributed by atoms with E-state index < -0.39 is 59.7 Å². The molecule has 534 valence electrons. The minimum Gasteiger partial charge on any atom is -0.338 e. The fourth-order valence-electron chi connectivity index (χ4n) is 12.2. The summed E-state index contributed by atoms with van der Waals surface area (Å²) in [6.07, 6.45) is 1.68. The number of amides is 2. The summed E-state index contributed by atoms with van der Waals surface area (Å²) < 4.78 is 4.07. The number of aromatic nitrogens is 2. The maximum absolute atomic E-state index is 14.1. The summed E-state index contributed by atoms with van der Waals surface area (Å²) in [5.41, 5.74) is 10.8. The quantitative estimate of drug-likeness (QED) is 0.0169. The second-order valence-electron chi connectivity index (χ2n) is 24.9. The van der Waals surface area contributed by atoms with Crippen LogP contribution in [0.4, 0.5) is 0 Å². The average Bonchev–Trinajstić information content (AvgIpc) is 1.59. The van der Waals surface area contributed by atoms with Crippen molar-refractivity contribution >= 4 is 148 Å². The molecule has 2 amide bonds. The summed E-state index contributed by atoms with van der Waals surface area (Å²) in [4.78, 5) is 159. The van der Waals surface area contributed by atoms with Crippen LogP contribution in [0.15, 0.2) is 165 Å². The fraction of sp³-hybridized carbons (Fsp3) is 0.256. The van der Waals surface area contributed by atoms with Gasteiger partial charge in [0.05, 0.1) is 66.8 Å². The first kappa shape index (κ1) is 74.8. The highest BCUT2D eigenvalue weighted by Crippen LogP contribution is 2.38. The molecule has 0 N–H and O–H groups in total. The Bertz CT molecular complexity index is 4890. The van der Waals surface area contributed by atoms with Gasteiger partial charge in [-0.05, 0) is 183 Å². The Morgan fingerprint density at radius 2 is 0.663 bits per heavy atom. The predicted molar refractivity (Wildman–Crippen MR) is 395 cm³/mol. The molecule has 0 fully saturated rings. The molecule has 0 aliphatic heterocycles. The monoisotopic (exact) mass is 1440 g/mol. The Kier molecular flexibility index (Phi) is 23.6. The third-order valence-electron chi connectivity index (χ3n) is 16.8. The summed E-state index contributed by atoms with van der Waals surface area (Å²) in [5.74, 6) is -5.37. The number of unbranched alkanes of at least 4 members (excludes halogenated alkanes) is 1. The van der Waals surface area contributed by atoms with E-state index in [1.165, 1.54) is 78.1 Å². The summed E-state index contributed by atoms with van der Waals surface area (Å²) >= 11 is 2.71. The Morgan fingerprint density at radius 1 is 0.375 bits per heavy atom. The second kappa shape index (κ2) is 32.8. The van der Waals surface area contributed by atoms with E-state index >= 15 is 0 Å². The highest BCUT2D eigenvalue weighted by molar-refractivity contribution is 7.12. The standard InChI is InChI=1S/C78H74N8O16S2/c1-43-33-35-103-77(43)75(95)59-23-31-73-65(41-59)63-39-57(69(81-99-51(9)91)37-45(3)85(47(5)87)101-53(11)93)21-29-71(63)83(73)61-25-17-55(18-26-61)67(79-97-49(7)89)15-13-14-16-68(80-98-50(8)90)56-19-27-62(28-20-56)84-72-30-22-58(70(82-100-52(10)92)38-46(4)86(48(6)88)102-54(12)94)40-64(72)66-42-60(24-32-74(66)84)76(96)78-44(2)34-36-104-78/h17-36,39-42,45-46H,13-16,37-38H2,1-12H3/b79-67-,80-68-,81-69?,82-70?. The van der Waals surface area contributed by atoms with Crippen molar-refractivity contribution in [2.45, 2.75) is 134 Å². The van der Waals surface area contributed by atoms with Gasteiger partial charge in [0.15, 0.2) is 0 Å². The molecule has 0 radical (unpaired) electrons. The number of fused-ring (bicyclic) bond motifs is 6. The molecule has 104 heavy (non-hydrogen) atoms. The zero-order valence-electron chi connectivity index (χ0n) is 59.2. The van der Waals surface area contributed by atoms with Crippen LogP contribution in [0.1, 0.15) is 172 Å². The van der Waals surface area contributed by atoms with Gasteiger partial charge in [0, 0.05) is 123 Å². The van der Waals surface area contributed by atoms with Crippen molar-refractivity contribution in [3.05, 3.63) is 198 Å². The molecule has 2 unspecified atom stereocenters. The number of thiophene rings is 2. The molecule has 4 aromatic heterocycles. The van der Waals surface area contributed by atoms with Crippen LogP contribution in [-0.4, -0.2) is 113 Å². The molecule has 6 aromatic carbocycles. The molecule has 10 rings (SSSR count). The molecule has 0 aliphatic carbocycles. The number of hydrogen-bond acceptors (Lipinski definition) is 22. The number of oxime groups is 4. The minimum absolute atomic E-state index is 0.000188. The van der Waals surface area contributed by atoms with Gasteiger partial charge in [-0.1, -0.05) is 57.0 Å². The smallest absolute Gasteiger partial charge is 0.331 e. The third kappa shape index (κ3) is 17.3. The van der Waals surface area contributed by atoms with E-state index in [-0.39, 0.29) is 35.8 Å². The number of carbonyl (C=O) groups excluding carboxylic acids is 10. The van der Waals surface area contributed by atoms with Crippen LogP contribution in [0.2, 0.25) is 0 Å². The van der Waals surface area contributed by atoms with Crippen LogP contribution in [0, 0.1) is 13.8 Å². The van der Waals surface area contributed by atoms with Crippen LogP contribution >= 0.6 is 22.7 Å². The number of benzene rings is 6. The van der Waals surface area contributed by atoms with Crippen molar-refractivity contribution < 1.29 is 77.0 Å². The van der Waals surface area contributed by atoms with Gasteiger partial charge in [-0.25, -0.2) is 19.2 Å². The van der Waals surface area contributed by atoms with Crippen molar-refractivity contribution in [3.63, 3.8) is 0 Å². The molecule has 0 aliphatic rings. The van der Waals surface area contributed by atoms with E-state index in [1.54, 1.807) is 38.1 Å². The lowest BCUT2D eigenvalue weighted by molar-refractivity contribution is -0.202. The van der Waals surface area contributed by atoms with Gasteiger partial charge in [-0.3, -0.25) is 28.8 Å². The second-order valence-corrected chi connectivity index (χ2v) is 26.7. The summed E-state index contributed by atoms with van der Waals surface area (Å²) in [6, 6.07) is 39.4. The largest absolute Gasteiger partial charge is 0.338 e. The number of hydroxylamine groups is 4. The Balaban J connectivity index is 0.943. The molecule has 26 heteroatoms. The summed E-state index contributed by atoms with van der Waals surface area (Å²) in [6.45, 7) is 16.9. The lowest BCUT2D eigenvalue weighted by Gasteiger charge is -2.26. The predicted octanol–water partition coefficient (Wildman–Crippen LogP) is 14.6.